The van der Waals surface area contributed by atoms with Crippen molar-refractivity contribution in [3.63, 3.8) is 0 Å². The fourth-order valence-electron chi connectivity index (χ4n) is 2.75. The van der Waals surface area contributed by atoms with Crippen molar-refractivity contribution < 1.29 is 9.59 Å². The fraction of sp³-hybridized carbons (Fsp3) is 0.353. The first-order chi connectivity index (χ1) is 11.4. The molecule has 1 aromatic carbocycles. The van der Waals surface area contributed by atoms with Crippen LogP contribution in [0.2, 0.25) is 0 Å². The molecule has 128 valence electrons. The van der Waals surface area contributed by atoms with Crippen LogP contribution in [-0.2, 0) is 4.79 Å². The lowest BCUT2D eigenvalue weighted by Gasteiger charge is -2.13. The summed E-state index contributed by atoms with van der Waals surface area (Å²) >= 11 is 0. The Hall–Kier alpha value is -2.83. The van der Waals surface area contributed by atoms with Gasteiger partial charge in [0.1, 0.15) is 0 Å². The summed E-state index contributed by atoms with van der Waals surface area (Å²) in [6.45, 7) is 5.90. The normalized spacial score (nSPS) is 11.7. The average Bonchev–Trinajstić information content (AvgIpc) is 2.86. The zero-order valence-electron chi connectivity index (χ0n) is 14.4. The molecule has 7 nitrogen and oxygen atoms in total. The van der Waals surface area contributed by atoms with Gasteiger partial charge in [-0.3, -0.25) is 9.89 Å². The van der Waals surface area contributed by atoms with Crippen molar-refractivity contribution in [1.29, 1.82) is 0 Å². The van der Waals surface area contributed by atoms with Crippen LogP contribution in [0, 0.1) is 13.8 Å². The Balaban J connectivity index is 1.99. The van der Waals surface area contributed by atoms with E-state index in [4.69, 9.17) is 0 Å². The molecule has 0 saturated heterocycles. The number of nitrogens with zero attached hydrogens (tertiary/aromatic N) is 1. The second kappa shape index (κ2) is 7.63. The van der Waals surface area contributed by atoms with Crippen LogP contribution < -0.4 is 16.0 Å². The lowest BCUT2D eigenvalue weighted by atomic mass is 9.95. The summed E-state index contributed by atoms with van der Waals surface area (Å²) in [6, 6.07) is 6.72. The van der Waals surface area contributed by atoms with Crippen molar-refractivity contribution in [3.8, 4) is 0 Å². The van der Waals surface area contributed by atoms with Gasteiger partial charge in [0.15, 0.2) is 0 Å². The van der Waals surface area contributed by atoms with E-state index in [9.17, 15) is 9.59 Å². The Morgan fingerprint density at radius 1 is 1.21 bits per heavy atom. The van der Waals surface area contributed by atoms with Gasteiger partial charge < -0.3 is 16.0 Å². The van der Waals surface area contributed by atoms with E-state index in [-0.39, 0.29) is 17.9 Å². The molecule has 0 bridgehead atoms. The number of amides is 3. The largest absolute Gasteiger partial charge is 0.341 e. The van der Waals surface area contributed by atoms with Crippen LogP contribution >= 0.6 is 0 Å². The number of aromatic amines is 1. The number of carbonyl (C=O) groups is 2. The van der Waals surface area contributed by atoms with E-state index in [1.54, 1.807) is 31.3 Å². The van der Waals surface area contributed by atoms with Crippen LogP contribution in [0.25, 0.3) is 0 Å². The highest BCUT2D eigenvalue weighted by molar-refractivity contribution is 5.93. The minimum atomic E-state index is -0.307. The van der Waals surface area contributed by atoms with Crippen molar-refractivity contribution in [2.75, 3.05) is 17.7 Å². The number of H-pyrrole nitrogens is 1. The number of aromatic nitrogens is 2. The van der Waals surface area contributed by atoms with Crippen molar-refractivity contribution in [2.24, 2.45) is 0 Å². The number of benzene rings is 1. The molecular weight excluding hydrogens is 306 g/mol. The van der Waals surface area contributed by atoms with E-state index in [1.165, 1.54) is 0 Å². The molecule has 2 rings (SSSR count). The summed E-state index contributed by atoms with van der Waals surface area (Å²) in [5, 5.41) is 15.1. The first-order valence-electron chi connectivity index (χ1n) is 7.80. The molecule has 0 fully saturated rings. The molecule has 0 aliphatic carbocycles. The highest BCUT2D eigenvalue weighted by Gasteiger charge is 2.17. The Bertz CT molecular complexity index is 719. The van der Waals surface area contributed by atoms with Gasteiger partial charge in [0.25, 0.3) is 0 Å². The first kappa shape index (κ1) is 17.5. The van der Waals surface area contributed by atoms with E-state index in [0.717, 1.165) is 17.0 Å². The zero-order chi connectivity index (χ0) is 17.7. The van der Waals surface area contributed by atoms with E-state index in [0.29, 0.717) is 17.8 Å². The molecule has 1 aromatic heterocycles. The molecule has 4 N–H and O–H groups in total. The van der Waals surface area contributed by atoms with Crippen molar-refractivity contribution in [2.45, 2.75) is 33.1 Å². The summed E-state index contributed by atoms with van der Waals surface area (Å²) in [6.07, 6.45) is 0.355. The topological polar surface area (TPSA) is 98.9 Å². The fourth-order valence-corrected chi connectivity index (χ4v) is 2.75. The molecule has 7 heteroatoms. The lowest BCUT2D eigenvalue weighted by Crippen LogP contribution is -2.24. The third-order valence-electron chi connectivity index (χ3n) is 3.80. The lowest BCUT2D eigenvalue weighted by molar-refractivity contribution is -0.116. The van der Waals surface area contributed by atoms with E-state index < -0.39 is 0 Å². The monoisotopic (exact) mass is 329 g/mol. The number of anilines is 2. The number of hydrogen-bond donors (Lipinski definition) is 4. The molecule has 1 atom stereocenters. The number of rotatable bonds is 5. The van der Waals surface area contributed by atoms with Crippen LogP contribution in [0.5, 0.6) is 0 Å². The minimum Gasteiger partial charge on any atom is -0.341 e. The zero-order valence-corrected chi connectivity index (χ0v) is 14.4. The Kier molecular flexibility index (Phi) is 5.57. The third-order valence-corrected chi connectivity index (χ3v) is 3.80. The first-order valence-corrected chi connectivity index (χ1v) is 7.80. The number of hydrogen-bond acceptors (Lipinski definition) is 3. The van der Waals surface area contributed by atoms with Crippen molar-refractivity contribution in [1.82, 2.24) is 15.5 Å². The molecule has 0 radical (unpaired) electrons. The Labute approximate surface area is 141 Å². The van der Waals surface area contributed by atoms with Crippen LogP contribution in [0.15, 0.2) is 24.3 Å². The van der Waals surface area contributed by atoms with Crippen molar-refractivity contribution in [3.05, 3.63) is 41.2 Å². The van der Waals surface area contributed by atoms with Gasteiger partial charge in [-0.2, -0.15) is 5.10 Å². The number of nitrogens with one attached hydrogen (secondary N) is 4. The highest BCUT2D eigenvalue weighted by atomic mass is 16.2. The maximum atomic E-state index is 12.3. The summed E-state index contributed by atoms with van der Waals surface area (Å²) < 4.78 is 0. The average molecular weight is 329 g/mol. The van der Waals surface area contributed by atoms with Gasteiger partial charge in [-0.25, -0.2) is 4.79 Å². The van der Waals surface area contributed by atoms with Gasteiger partial charge >= 0.3 is 6.03 Å². The molecule has 0 saturated carbocycles. The molecule has 3 amide bonds. The number of aryl methyl sites for hydroxylation is 2. The van der Waals surface area contributed by atoms with Crippen LogP contribution in [0.4, 0.5) is 16.2 Å². The number of urea groups is 1. The summed E-state index contributed by atoms with van der Waals surface area (Å²) in [5.41, 5.74) is 4.25. The molecule has 0 unspecified atom stereocenters. The van der Waals surface area contributed by atoms with Gasteiger partial charge in [-0.05, 0) is 43.5 Å². The van der Waals surface area contributed by atoms with Gasteiger partial charge in [0, 0.05) is 30.5 Å². The molecule has 0 aliphatic rings. The van der Waals surface area contributed by atoms with Gasteiger partial charge in [-0.1, -0.05) is 13.0 Å². The van der Waals surface area contributed by atoms with Crippen LogP contribution in [0.3, 0.4) is 0 Å². The summed E-state index contributed by atoms with van der Waals surface area (Å²) in [5.74, 6) is -0.0180. The van der Waals surface area contributed by atoms with Gasteiger partial charge in [0.2, 0.25) is 5.91 Å². The Morgan fingerprint density at radius 2 is 1.88 bits per heavy atom. The second-order valence-electron chi connectivity index (χ2n) is 5.79. The number of carbonyl (C=O) groups excluding carboxylic acids is 2. The van der Waals surface area contributed by atoms with Crippen LogP contribution in [-0.4, -0.2) is 29.2 Å². The standard InChI is InChI=1S/C17H23N5O2/c1-10(16-11(2)21-22-12(16)3)8-15(23)19-13-6-5-7-14(9-13)20-17(24)18-4/h5-7,9-10H,8H2,1-4H3,(H,19,23)(H,21,22)(H2,18,20,24)/t10-/m0/s1. The summed E-state index contributed by atoms with van der Waals surface area (Å²) in [4.78, 5) is 23.6. The molecule has 2 aromatic rings. The van der Waals surface area contributed by atoms with E-state index in [1.807, 2.05) is 20.8 Å². The maximum Gasteiger partial charge on any atom is 0.318 e. The second-order valence-corrected chi connectivity index (χ2v) is 5.79. The minimum absolute atomic E-state index is 0.0657. The summed E-state index contributed by atoms with van der Waals surface area (Å²) in [7, 11) is 1.54. The SMILES string of the molecule is CNC(=O)Nc1cccc(NC(=O)C[C@H](C)c2c(C)n[nH]c2C)c1. The molecule has 0 aliphatic heterocycles. The smallest absolute Gasteiger partial charge is 0.318 e. The molecular formula is C17H23N5O2. The third kappa shape index (κ3) is 4.34. The predicted octanol–water partition coefficient (Wildman–Crippen LogP) is 2.91. The van der Waals surface area contributed by atoms with Crippen LogP contribution in [0.1, 0.15) is 36.2 Å². The quantitative estimate of drug-likeness (QED) is 0.678. The molecule has 0 spiro atoms. The van der Waals surface area contributed by atoms with E-state index >= 15 is 0 Å². The van der Waals surface area contributed by atoms with E-state index in [2.05, 4.69) is 26.1 Å². The van der Waals surface area contributed by atoms with Crippen molar-refractivity contribution >= 4 is 23.3 Å². The molecule has 1 heterocycles. The maximum absolute atomic E-state index is 12.3. The predicted molar refractivity (Wildman–Crippen MR) is 94.2 cm³/mol. The highest BCUT2D eigenvalue weighted by Crippen LogP contribution is 2.25. The Morgan fingerprint density at radius 3 is 2.46 bits per heavy atom. The molecule has 24 heavy (non-hydrogen) atoms. The van der Waals surface area contributed by atoms with Gasteiger partial charge in [0.05, 0.1) is 5.69 Å². The van der Waals surface area contributed by atoms with Gasteiger partial charge in [-0.15, -0.1) is 0 Å².